The van der Waals surface area contributed by atoms with Gasteiger partial charge < -0.3 is 30.1 Å². The lowest BCUT2D eigenvalue weighted by Crippen LogP contribution is -2.40. The number of carbonyl (C=O) groups is 1. The number of ether oxygens (including phenoxy) is 2. The fourth-order valence-corrected chi connectivity index (χ4v) is 6.48. The topological polar surface area (TPSA) is 170 Å². The van der Waals surface area contributed by atoms with E-state index < -0.39 is 22.2 Å². The highest BCUT2D eigenvalue weighted by Gasteiger charge is 2.23. The molecule has 1 aliphatic heterocycles. The van der Waals surface area contributed by atoms with E-state index in [9.17, 15) is 28.5 Å². The average molecular weight is 739 g/mol. The molecule has 12 nitrogen and oxygen atoms in total. The molecular formula is C37H43ClN4O8S. The van der Waals surface area contributed by atoms with Gasteiger partial charge >= 0.3 is 6.09 Å². The van der Waals surface area contributed by atoms with E-state index in [4.69, 9.17) is 21.1 Å². The predicted molar refractivity (Wildman–Crippen MR) is 198 cm³/mol. The predicted octanol–water partition coefficient (Wildman–Crippen LogP) is 5.75. The van der Waals surface area contributed by atoms with Crippen LogP contribution in [0.4, 0.5) is 16.2 Å². The number of aromatic hydroxyl groups is 2. The van der Waals surface area contributed by atoms with Gasteiger partial charge in [-0.05, 0) is 85.0 Å². The second-order valence-corrected chi connectivity index (χ2v) is 14.6. The Labute approximate surface area is 303 Å². The number of carbonyl (C=O) groups excluding carboxylic acids is 1. The first-order valence-corrected chi connectivity index (χ1v) is 18.9. The maximum Gasteiger partial charge on any atom is 0.411 e. The second kappa shape index (κ2) is 17.6. The smallest absolute Gasteiger partial charge is 0.411 e. The van der Waals surface area contributed by atoms with Gasteiger partial charge in [-0.15, -0.1) is 0 Å². The van der Waals surface area contributed by atoms with Crippen LogP contribution in [0.15, 0.2) is 84.9 Å². The van der Waals surface area contributed by atoms with Crippen LogP contribution in [0.3, 0.4) is 0 Å². The van der Waals surface area contributed by atoms with Gasteiger partial charge in [0.25, 0.3) is 0 Å². The number of hydrogen-bond donors (Lipinski definition) is 6. The highest BCUT2D eigenvalue weighted by Crippen LogP contribution is 2.33. The quantitative estimate of drug-likeness (QED) is 0.0653. The summed E-state index contributed by atoms with van der Waals surface area (Å²) in [4.78, 5) is 15.0. The summed E-state index contributed by atoms with van der Waals surface area (Å²) in [5, 5.41) is 36.5. The summed E-state index contributed by atoms with van der Waals surface area (Å²) in [6, 6.07) is 24.4. The lowest BCUT2D eigenvalue weighted by atomic mass is 10.0. The summed E-state index contributed by atoms with van der Waals surface area (Å²) in [5.74, 6) is 0.551. The van der Waals surface area contributed by atoms with Crippen molar-refractivity contribution in [1.82, 2.24) is 10.2 Å². The number of amides is 1. The van der Waals surface area contributed by atoms with Crippen molar-refractivity contribution in [2.24, 2.45) is 0 Å². The molecule has 1 amide bonds. The highest BCUT2D eigenvalue weighted by molar-refractivity contribution is 7.92. The molecule has 0 spiro atoms. The minimum atomic E-state index is -3.57. The number of phenolic OH excluding ortho intramolecular Hbond substituents is 2. The fourth-order valence-electron chi connectivity index (χ4n) is 5.74. The monoisotopic (exact) mass is 738 g/mol. The van der Waals surface area contributed by atoms with Crippen LogP contribution in [0.1, 0.15) is 30.1 Å². The van der Waals surface area contributed by atoms with Crippen molar-refractivity contribution in [3.05, 3.63) is 101 Å². The second-order valence-electron chi connectivity index (χ2n) is 12.4. The van der Waals surface area contributed by atoms with Crippen molar-refractivity contribution < 1.29 is 38.0 Å². The first-order chi connectivity index (χ1) is 24.4. The van der Waals surface area contributed by atoms with Crippen molar-refractivity contribution in [3.8, 4) is 28.4 Å². The van der Waals surface area contributed by atoms with E-state index >= 15 is 0 Å². The normalized spacial score (nSPS) is 14.5. The number of nitrogens with one attached hydrogen (secondary N) is 3. The molecule has 0 unspecified atom stereocenters. The molecule has 0 aromatic heterocycles. The van der Waals surface area contributed by atoms with Gasteiger partial charge in [0, 0.05) is 31.7 Å². The molecule has 1 heterocycles. The van der Waals surface area contributed by atoms with Crippen LogP contribution in [0, 0.1) is 0 Å². The lowest BCUT2D eigenvalue weighted by molar-refractivity contribution is 0.0548. The van der Waals surface area contributed by atoms with Crippen LogP contribution in [0.5, 0.6) is 17.2 Å². The van der Waals surface area contributed by atoms with E-state index in [1.165, 1.54) is 18.2 Å². The molecule has 0 saturated carbocycles. The van der Waals surface area contributed by atoms with Crippen LogP contribution in [-0.4, -0.2) is 86.4 Å². The van der Waals surface area contributed by atoms with Crippen molar-refractivity contribution in [1.29, 1.82) is 0 Å². The van der Waals surface area contributed by atoms with Gasteiger partial charge in [0.05, 0.1) is 28.8 Å². The van der Waals surface area contributed by atoms with Crippen molar-refractivity contribution in [2.45, 2.75) is 31.5 Å². The number of rotatable bonds is 15. The van der Waals surface area contributed by atoms with Crippen LogP contribution >= 0.6 is 11.6 Å². The first kappa shape index (κ1) is 37.7. The number of para-hydroxylation sites is 1. The maximum atomic E-state index is 12.8. The van der Waals surface area contributed by atoms with Crippen LogP contribution < -0.4 is 20.1 Å². The SMILES string of the molecule is CS(=O)(=O)Nc1cc([C@@H](O)CNCCc2ccc(OCCN3CCC(OC(=O)Nc4ccccc4-c4ccc(O)c(Cl)c4)CC3)cc2)ccc1O. The molecule has 4 aromatic rings. The molecule has 51 heavy (non-hydrogen) atoms. The summed E-state index contributed by atoms with van der Waals surface area (Å²) in [5.41, 5.74) is 3.72. The van der Waals surface area contributed by atoms with Crippen molar-refractivity contribution >= 4 is 39.1 Å². The number of hydrogen-bond acceptors (Lipinski definition) is 10. The molecule has 1 fully saturated rings. The van der Waals surface area contributed by atoms with Crippen LogP contribution in [0.25, 0.3) is 11.1 Å². The minimum absolute atomic E-state index is 0.00648. The van der Waals surface area contributed by atoms with Crippen molar-refractivity contribution in [2.75, 3.05) is 55.6 Å². The third-order valence-electron chi connectivity index (χ3n) is 8.46. The van der Waals surface area contributed by atoms with Gasteiger partial charge in [0.1, 0.15) is 30.0 Å². The Morgan fingerprint density at radius 3 is 2.41 bits per heavy atom. The molecule has 0 aliphatic carbocycles. The molecule has 0 radical (unpaired) electrons. The zero-order valence-electron chi connectivity index (χ0n) is 28.2. The maximum absolute atomic E-state index is 12.8. The average Bonchev–Trinajstić information content (AvgIpc) is 3.10. The summed E-state index contributed by atoms with van der Waals surface area (Å²) in [7, 11) is -3.57. The van der Waals surface area contributed by atoms with E-state index in [1.54, 1.807) is 24.3 Å². The number of phenols is 2. The van der Waals surface area contributed by atoms with Gasteiger partial charge in [-0.3, -0.25) is 14.9 Å². The molecule has 6 N–H and O–H groups in total. The Kier molecular flexibility index (Phi) is 13.0. The van der Waals surface area contributed by atoms with Gasteiger partial charge in [0.2, 0.25) is 10.0 Å². The molecule has 1 atom stereocenters. The zero-order valence-corrected chi connectivity index (χ0v) is 29.8. The Hall–Kier alpha value is -4.53. The van der Waals surface area contributed by atoms with Gasteiger partial charge in [-0.2, -0.15) is 0 Å². The number of sulfonamides is 1. The summed E-state index contributed by atoms with van der Waals surface area (Å²) in [6.45, 7) is 3.73. The number of likely N-dealkylation sites (tertiary alicyclic amines) is 1. The van der Waals surface area contributed by atoms with E-state index in [0.29, 0.717) is 24.4 Å². The van der Waals surface area contributed by atoms with E-state index in [-0.39, 0.29) is 34.9 Å². The van der Waals surface area contributed by atoms with E-state index in [1.807, 2.05) is 42.5 Å². The highest BCUT2D eigenvalue weighted by atomic mass is 35.5. The zero-order chi connectivity index (χ0) is 36.4. The first-order valence-electron chi connectivity index (χ1n) is 16.6. The Morgan fingerprint density at radius 2 is 1.69 bits per heavy atom. The molecule has 4 aromatic carbocycles. The molecule has 1 saturated heterocycles. The standard InChI is InChI=1S/C37H43ClN4O8S/c1-51(47,48)41-33-23-27(9-13-35(33)44)36(45)24-39-17-14-25-6-10-28(11-7-25)49-21-20-42-18-15-29(16-19-42)50-37(46)40-32-5-3-2-4-30(32)26-8-12-34(43)31(38)22-26/h2-13,22-23,29,36,39,41,43-45H,14-21,24H2,1H3,(H,40,46)/t36-/m0/s1. The molecule has 14 heteroatoms. The third kappa shape index (κ3) is 11.5. The Balaban J connectivity index is 0.968. The van der Waals surface area contributed by atoms with Crippen LogP contribution in [0.2, 0.25) is 5.02 Å². The number of anilines is 2. The van der Waals surface area contributed by atoms with Gasteiger partial charge in [-0.1, -0.05) is 54.1 Å². The third-order valence-corrected chi connectivity index (χ3v) is 9.35. The minimum Gasteiger partial charge on any atom is -0.506 e. The number of nitrogens with zero attached hydrogens (tertiary/aromatic N) is 1. The number of piperidine rings is 1. The van der Waals surface area contributed by atoms with Crippen LogP contribution in [-0.2, 0) is 21.2 Å². The molecular weight excluding hydrogens is 696 g/mol. The molecule has 1 aliphatic rings. The Morgan fingerprint density at radius 1 is 0.961 bits per heavy atom. The summed E-state index contributed by atoms with van der Waals surface area (Å²) >= 11 is 6.09. The molecule has 5 rings (SSSR count). The fraction of sp³-hybridized carbons (Fsp3) is 0.324. The number of halogens is 1. The van der Waals surface area contributed by atoms with E-state index in [0.717, 1.165) is 67.6 Å². The summed E-state index contributed by atoms with van der Waals surface area (Å²) in [6.07, 6.45) is 1.58. The largest absolute Gasteiger partial charge is 0.506 e. The number of benzene rings is 4. The molecule has 0 bridgehead atoms. The van der Waals surface area contributed by atoms with E-state index in [2.05, 4.69) is 20.3 Å². The summed E-state index contributed by atoms with van der Waals surface area (Å²) < 4.78 is 37.0. The van der Waals surface area contributed by atoms with Crippen molar-refractivity contribution in [3.63, 3.8) is 0 Å². The van der Waals surface area contributed by atoms with Gasteiger partial charge in [0.15, 0.2) is 0 Å². The number of aliphatic hydroxyl groups is 1. The number of aliphatic hydroxyl groups excluding tert-OH is 1. The Bertz CT molecular complexity index is 1890. The van der Waals surface area contributed by atoms with Gasteiger partial charge in [-0.25, -0.2) is 13.2 Å². The lowest BCUT2D eigenvalue weighted by Gasteiger charge is -2.31. The molecule has 272 valence electrons.